The van der Waals surface area contributed by atoms with Crippen molar-refractivity contribution in [3.63, 3.8) is 0 Å². The predicted octanol–water partition coefficient (Wildman–Crippen LogP) is 0.414. The summed E-state index contributed by atoms with van der Waals surface area (Å²) in [7, 11) is 0. The van der Waals surface area contributed by atoms with Crippen LogP contribution in [0.15, 0.2) is 0 Å². The minimum atomic E-state index is -0.862. The second-order valence-electron chi connectivity index (χ2n) is 2.87. The fraction of sp³-hybridized carbons (Fsp3) is 0.714. The molecule has 0 aromatic carbocycles. The molecule has 0 radical (unpaired) electrons. The van der Waals surface area contributed by atoms with Crippen LogP contribution in [0.25, 0.3) is 0 Å². The van der Waals surface area contributed by atoms with Gasteiger partial charge in [-0.15, -0.1) is 0 Å². The highest BCUT2D eigenvalue weighted by Gasteiger charge is 2.51. The Hall–Kier alpha value is -1.06. The second-order valence-corrected chi connectivity index (χ2v) is 2.87. The van der Waals surface area contributed by atoms with Crippen LogP contribution in [-0.2, 0) is 14.3 Å². The molecular formula is C7H10O4. The van der Waals surface area contributed by atoms with E-state index in [0.29, 0.717) is 12.8 Å². The Kier molecular flexibility index (Phi) is 1.85. The lowest BCUT2D eigenvalue weighted by Crippen LogP contribution is -2.22. The quantitative estimate of drug-likeness (QED) is 0.604. The molecule has 0 heterocycles. The SMILES string of the molecule is CC(=O)OCC1(C(=O)O)CC1. The number of ether oxygens (including phenoxy) is 1. The van der Waals surface area contributed by atoms with Gasteiger partial charge in [0.25, 0.3) is 0 Å². The van der Waals surface area contributed by atoms with Crippen molar-refractivity contribution in [2.24, 2.45) is 5.41 Å². The van der Waals surface area contributed by atoms with Crippen molar-refractivity contribution in [3.05, 3.63) is 0 Å². The van der Waals surface area contributed by atoms with Crippen LogP contribution in [0.5, 0.6) is 0 Å². The minimum Gasteiger partial charge on any atom is -0.481 e. The maximum absolute atomic E-state index is 10.5. The molecule has 0 saturated heterocycles. The fourth-order valence-electron chi connectivity index (χ4n) is 0.811. The Bertz CT molecular complexity index is 193. The van der Waals surface area contributed by atoms with Crippen molar-refractivity contribution in [2.45, 2.75) is 19.8 Å². The molecule has 1 rings (SSSR count). The van der Waals surface area contributed by atoms with E-state index in [1.807, 2.05) is 0 Å². The molecule has 0 aromatic heterocycles. The molecule has 0 amide bonds. The third-order valence-electron chi connectivity index (χ3n) is 1.86. The number of carbonyl (C=O) groups is 2. The summed E-state index contributed by atoms with van der Waals surface area (Å²) >= 11 is 0. The van der Waals surface area contributed by atoms with Gasteiger partial charge in [0.15, 0.2) is 0 Å². The first-order chi connectivity index (χ1) is 5.07. The zero-order valence-electron chi connectivity index (χ0n) is 6.29. The molecule has 4 nitrogen and oxygen atoms in total. The molecule has 0 aliphatic heterocycles. The van der Waals surface area contributed by atoms with Crippen molar-refractivity contribution in [3.8, 4) is 0 Å². The lowest BCUT2D eigenvalue weighted by atomic mass is 10.1. The molecule has 1 aliphatic rings. The number of carboxylic acids is 1. The molecular weight excluding hydrogens is 148 g/mol. The first kappa shape index (κ1) is 8.04. The highest BCUT2D eigenvalue weighted by Crippen LogP contribution is 2.45. The Balaban J connectivity index is 2.36. The minimum absolute atomic E-state index is 0.0255. The van der Waals surface area contributed by atoms with Gasteiger partial charge in [-0.2, -0.15) is 0 Å². The van der Waals surface area contributed by atoms with E-state index in [4.69, 9.17) is 5.11 Å². The van der Waals surface area contributed by atoms with Gasteiger partial charge in [0.1, 0.15) is 12.0 Å². The van der Waals surface area contributed by atoms with Crippen molar-refractivity contribution in [2.75, 3.05) is 6.61 Å². The van der Waals surface area contributed by atoms with Gasteiger partial charge in [0, 0.05) is 6.92 Å². The van der Waals surface area contributed by atoms with Crippen LogP contribution in [0.2, 0.25) is 0 Å². The third kappa shape index (κ3) is 1.69. The molecule has 4 heteroatoms. The Morgan fingerprint density at radius 2 is 2.09 bits per heavy atom. The third-order valence-corrected chi connectivity index (χ3v) is 1.86. The summed E-state index contributed by atoms with van der Waals surface area (Å²) in [5.74, 6) is -1.28. The smallest absolute Gasteiger partial charge is 0.313 e. The summed E-state index contributed by atoms with van der Waals surface area (Å²) in [4.78, 5) is 20.8. The zero-order valence-corrected chi connectivity index (χ0v) is 6.29. The van der Waals surface area contributed by atoms with Gasteiger partial charge >= 0.3 is 11.9 Å². The van der Waals surface area contributed by atoms with Gasteiger partial charge in [0.2, 0.25) is 0 Å². The highest BCUT2D eigenvalue weighted by molar-refractivity contribution is 5.78. The lowest BCUT2D eigenvalue weighted by molar-refractivity contribution is -0.151. The molecule has 1 N–H and O–H groups in total. The highest BCUT2D eigenvalue weighted by atomic mass is 16.5. The normalized spacial score (nSPS) is 19.0. The van der Waals surface area contributed by atoms with Crippen LogP contribution in [0, 0.1) is 5.41 Å². The Labute approximate surface area is 64.2 Å². The average molecular weight is 158 g/mol. The molecule has 0 unspecified atom stereocenters. The summed E-state index contributed by atoms with van der Waals surface area (Å²) in [6, 6.07) is 0. The van der Waals surface area contributed by atoms with Gasteiger partial charge in [-0.3, -0.25) is 9.59 Å². The molecule has 11 heavy (non-hydrogen) atoms. The van der Waals surface area contributed by atoms with E-state index in [-0.39, 0.29) is 6.61 Å². The van der Waals surface area contributed by atoms with Crippen LogP contribution in [-0.4, -0.2) is 23.7 Å². The summed E-state index contributed by atoms with van der Waals surface area (Å²) in [6.45, 7) is 1.30. The van der Waals surface area contributed by atoms with Crippen molar-refractivity contribution in [1.29, 1.82) is 0 Å². The molecule has 0 spiro atoms. The number of hydrogen-bond donors (Lipinski definition) is 1. The van der Waals surface area contributed by atoms with Gasteiger partial charge in [0.05, 0.1) is 0 Å². The van der Waals surface area contributed by atoms with Crippen LogP contribution < -0.4 is 0 Å². The maximum Gasteiger partial charge on any atom is 0.313 e. The van der Waals surface area contributed by atoms with E-state index in [1.165, 1.54) is 6.92 Å². The van der Waals surface area contributed by atoms with Crippen LogP contribution in [0.1, 0.15) is 19.8 Å². The average Bonchev–Trinajstić information content (AvgIpc) is 2.63. The lowest BCUT2D eigenvalue weighted by Gasteiger charge is -2.07. The molecule has 1 fully saturated rings. The topological polar surface area (TPSA) is 63.6 Å². The van der Waals surface area contributed by atoms with Crippen LogP contribution >= 0.6 is 0 Å². The van der Waals surface area contributed by atoms with E-state index < -0.39 is 17.4 Å². The van der Waals surface area contributed by atoms with Gasteiger partial charge in [-0.1, -0.05) is 0 Å². The summed E-state index contributed by atoms with van der Waals surface area (Å²) in [6.07, 6.45) is 1.24. The van der Waals surface area contributed by atoms with E-state index in [1.54, 1.807) is 0 Å². The van der Waals surface area contributed by atoms with Gasteiger partial charge in [-0.25, -0.2) is 0 Å². The number of rotatable bonds is 3. The molecule has 0 bridgehead atoms. The fourth-order valence-corrected chi connectivity index (χ4v) is 0.811. The number of carbonyl (C=O) groups excluding carboxylic acids is 1. The van der Waals surface area contributed by atoms with Gasteiger partial charge < -0.3 is 9.84 Å². The number of esters is 1. The Morgan fingerprint density at radius 3 is 2.36 bits per heavy atom. The van der Waals surface area contributed by atoms with Crippen molar-refractivity contribution in [1.82, 2.24) is 0 Å². The number of hydrogen-bond acceptors (Lipinski definition) is 3. The number of aliphatic carboxylic acids is 1. The summed E-state index contributed by atoms with van der Waals surface area (Å²) in [5.41, 5.74) is -0.744. The molecule has 1 aliphatic carbocycles. The monoisotopic (exact) mass is 158 g/mol. The molecule has 0 atom stereocenters. The number of carboxylic acid groups (broad SMARTS) is 1. The zero-order chi connectivity index (χ0) is 8.48. The van der Waals surface area contributed by atoms with E-state index in [0.717, 1.165) is 0 Å². The van der Waals surface area contributed by atoms with E-state index in [2.05, 4.69) is 4.74 Å². The molecule has 1 saturated carbocycles. The summed E-state index contributed by atoms with van der Waals surface area (Å²) in [5, 5.41) is 8.63. The second kappa shape index (κ2) is 2.53. The van der Waals surface area contributed by atoms with Crippen molar-refractivity contribution >= 4 is 11.9 Å². The Morgan fingerprint density at radius 1 is 1.55 bits per heavy atom. The van der Waals surface area contributed by atoms with Gasteiger partial charge in [-0.05, 0) is 12.8 Å². The first-order valence-corrected chi connectivity index (χ1v) is 3.44. The van der Waals surface area contributed by atoms with E-state index in [9.17, 15) is 9.59 Å². The largest absolute Gasteiger partial charge is 0.481 e. The molecule has 62 valence electrons. The predicted molar refractivity (Wildman–Crippen MR) is 35.9 cm³/mol. The van der Waals surface area contributed by atoms with Crippen molar-refractivity contribution < 1.29 is 19.4 Å². The first-order valence-electron chi connectivity index (χ1n) is 3.44. The van der Waals surface area contributed by atoms with Crippen LogP contribution in [0.3, 0.4) is 0 Å². The molecule has 0 aromatic rings. The van der Waals surface area contributed by atoms with Crippen LogP contribution in [0.4, 0.5) is 0 Å². The maximum atomic E-state index is 10.5. The van der Waals surface area contributed by atoms with E-state index >= 15 is 0 Å². The standard InChI is InChI=1S/C7H10O4/c1-5(8)11-4-7(2-3-7)6(9)10/h2-4H2,1H3,(H,9,10). The summed E-state index contributed by atoms with van der Waals surface area (Å²) < 4.78 is 4.61.